The molecule has 3 aromatic rings. The molecule has 0 aliphatic carbocycles. The largest absolute Gasteiger partial charge is 0.478 e. The Morgan fingerprint density at radius 3 is 3.06 bits per heavy atom. The van der Waals surface area contributed by atoms with E-state index in [0.29, 0.717) is 11.2 Å². The van der Waals surface area contributed by atoms with E-state index in [1.54, 1.807) is 23.0 Å². The Morgan fingerprint density at radius 1 is 1.38 bits per heavy atom. The highest BCUT2D eigenvalue weighted by Gasteiger charge is 2.07. The minimum absolute atomic E-state index is 0.215. The fraction of sp³-hybridized carbons (Fsp3) is 0. The summed E-state index contributed by atoms with van der Waals surface area (Å²) in [6.45, 7) is 0. The van der Waals surface area contributed by atoms with Crippen LogP contribution in [0, 0.1) is 0 Å². The standard InChI is InChI=1S/C10H6N4O2/c15-10(16)6-1-2-8-7(3-6)11-4-9-13-12-5-14(8)9/h1-5H,(H,15,16). The highest BCUT2D eigenvalue weighted by molar-refractivity contribution is 5.92. The molecule has 0 bridgehead atoms. The Morgan fingerprint density at radius 2 is 2.25 bits per heavy atom. The van der Waals surface area contributed by atoms with Gasteiger partial charge in [-0.25, -0.2) is 4.79 Å². The predicted molar refractivity (Wildman–Crippen MR) is 55.2 cm³/mol. The second-order valence-corrected chi connectivity index (χ2v) is 3.33. The van der Waals surface area contributed by atoms with Crippen LogP contribution >= 0.6 is 0 Å². The summed E-state index contributed by atoms with van der Waals surface area (Å²) >= 11 is 0. The lowest BCUT2D eigenvalue weighted by molar-refractivity contribution is 0.0697. The topological polar surface area (TPSA) is 80.4 Å². The summed E-state index contributed by atoms with van der Waals surface area (Å²) in [5.74, 6) is -0.965. The molecule has 0 aliphatic heterocycles. The minimum Gasteiger partial charge on any atom is -0.478 e. The smallest absolute Gasteiger partial charge is 0.335 e. The lowest BCUT2D eigenvalue weighted by Gasteiger charge is -2.01. The Hall–Kier alpha value is -2.50. The van der Waals surface area contributed by atoms with Gasteiger partial charge in [-0.1, -0.05) is 0 Å². The fourth-order valence-corrected chi connectivity index (χ4v) is 1.61. The van der Waals surface area contributed by atoms with E-state index in [1.165, 1.54) is 12.1 Å². The van der Waals surface area contributed by atoms with E-state index in [-0.39, 0.29) is 5.56 Å². The number of aromatic nitrogens is 4. The summed E-state index contributed by atoms with van der Waals surface area (Å²) in [5.41, 5.74) is 2.24. The molecule has 0 amide bonds. The summed E-state index contributed by atoms with van der Waals surface area (Å²) in [6, 6.07) is 4.75. The fourth-order valence-electron chi connectivity index (χ4n) is 1.61. The molecule has 6 nitrogen and oxygen atoms in total. The second kappa shape index (κ2) is 2.99. The van der Waals surface area contributed by atoms with Crippen LogP contribution in [0.15, 0.2) is 30.7 Å². The molecule has 2 heterocycles. The zero-order valence-corrected chi connectivity index (χ0v) is 8.03. The molecule has 0 aliphatic rings. The van der Waals surface area contributed by atoms with Gasteiger partial charge in [-0.05, 0) is 18.2 Å². The average molecular weight is 214 g/mol. The van der Waals surface area contributed by atoms with E-state index in [9.17, 15) is 4.79 Å². The molecule has 6 heteroatoms. The second-order valence-electron chi connectivity index (χ2n) is 3.33. The van der Waals surface area contributed by atoms with Gasteiger partial charge >= 0.3 is 5.97 Å². The number of carbonyl (C=O) groups is 1. The summed E-state index contributed by atoms with van der Waals surface area (Å²) in [5, 5.41) is 16.5. The maximum absolute atomic E-state index is 10.8. The van der Waals surface area contributed by atoms with Crippen LogP contribution in [0.4, 0.5) is 0 Å². The zero-order valence-electron chi connectivity index (χ0n) is 8.03. The normalized spacial score (nSPS) is 11.0. The van der Waals surface area contributed by atoms with Crippen molar-refractivity contribution in [2.24, 2.45) is 0 Å². The molecule has 0 saturated carbocycles. The van der Waals surface area contributed by atoms with Crippen LogP contribution in [0.2, 0.25) is 0 Å². The lowest BCUT2D eigenvalue weighted by Crippen LogP contribution is -1.97. The lowest BCUT2D eigenvalue weighted by atomic mass is 10.2. The molecular formula is C10H6N4O2. The molecule has 16 heavy (non-hydrogen) atoms. The molecule has 78 valence electrons. The van der Waals surface area contributed by atoms with E-state index >= 15 is 0 Å². The first-order chi connectivity index (χ1) is 7.75. The van der Waals surface area contributed by atoms with Gasteiger partial charge in [-0.2, -0.15) is 0 Å². The Bertz CT molecular complexity index is 704. The van der Waals surface area contributed by atoms with E-state index < -0.39 is 5.97 Å². The van der Waals surface area contributed by atoms with Crippen molar-refractivity contribution in [3.05, 3.63) is 36.3 Å². The van der Waals surface area contributed by atoms with Crippen LogP contribution in [0.25, 0.3) is 16.7 Å². The van der Waals surface area contributed by atoms with Crippen LogP contribution in [0.1, 0.15) is 10.4 Å². The van der Waals surface area contributed by atoms with Gasteiger partial charge in [0.1, 0.15) is 6.33 Å². The summed E-state index contributed by atoms with van der Waals surface area (Å²) in [4.78, 5) is 14.9. The number of benzene rings is 1. The number of aromatic carboxylic acids is 1. The summed E-state index contributed by atoms with van der Waals surface area (Å²) in [6.07, 6.45) is 3.13. The van der Waals surface area contributed by atoms with Crippen LogP contribution in [0.5, 0.6) is 0 Å². The van der Waals surface area contributed by atoms with Crippen LogP contribution in [-0.4, -0.2) is 30.7 Å². The third-order valence-corrected chi connectivity index (χ3v) is 2.38. The minimum atomic E-state index is -0.965. The first-order valence-electron chi connectivity index (χ1n) is 4.57. The van der Waals surface area contributed by atoms with Gasteiger partial charge in [-0.15, -0.1) is 10.2 Å². The number of nitrogens with zero attached hydrogens (tertiary/aromatic N) is 4. The predicted octanol–water partition coefficient (Wildman–Crippen LogP) is 0.976. The van der Waals surface area contributed by atoms with E-state index in [4.69, 9.17) is 5.11 Å². The van der Waals surface area contributed by atoms with Crippen molar-refractivity contribution >= 4 is 22.6 Å². The monoisotopic (exact) mass is 214 g/mol. The van der Waals surface area contributed by atoms with Gasteiger partial charge in [0.25, 0.3) is 0 Å². The van der Waals surface area contributed by atoms with Crippen molar-refractivity contribution < 1.29 is 9.90 Å². The number of hydrogen-bond donors (Lipinski definition) is 1. The third kappa shape index (κ3) is 1.13. The molecule has 1 aromatic carbocycles. The first-order valence-corrected chi connectivity index (χ1v) is 4.57. The molecule has 0 unspecified atom stereocenters. The van der Waals surface area contributed by atoms with Crippen molar-refractivity contribution in [2.45, 2.75) is 0 Å². The molecular weight excluding hydrogens is 208 g/mol. The summed E-state index contributed by atoms with van der Waals surface area (Å²) < 4.78 is 1.76. The first kappa shape index (κ1) is 8.78. The molecule has 3 rings (SSSR count). The number of hydrogen-bond acceptors (Lipinski definition) is 4. The highest BCUT2D eigenvalue weighted by atomic mass is 16.4. The highest BCUT2D eigenvalue weighted by Crippen LogP contribution is 2.14. The molecule has 1 N–H and O–H groups in total. The maximum Gasteiger partial charge on any atom is 0.335 e. The Labute approximate surface area is 89.2 Å². The number of rotatable bonds is 1. The molecule has 0 spiro atoms. The molecule has 0 radical (unpaired) electrons. The van der Waals surface area contributed by atoms with Gasteiger partial charge < -0.3 is 5.11 Å². The van der Waals surface area contributed by atoms with Crippen molar-refractivity contribution in [1.82, 2.24) is 19.6 Å². The number of carboxylic acid groups (broad SMARTS) is 1. The maximum atomic E-state index is 10.8. The van der Waals surface area contributed by atoms with E-state index in [2.05, 4.69) is 15.2 Å². The van der Waals surface area contributed by atoms with Crippen molar-refractivity contribution in [1.29, 1.82) is 0 Å². The van der Waals surface area contributed by atoms with Gasteiger partial charge in [0.05, 0.1) is 22.8 Å². The van der Waals surface area contributed by atoms with Crippen LogP contribution in [0.3, 0.4) is 0 Å². The van der Waals surface area contributed by atoms with Gasteiger partial charge in [0.15, 0.2) is 5.65 Å². The van der Waals surface area contributed by atoms with Crippen molar-refractivity contribution in [3.8, 4) is 0 Å². The molecule has 0 saturated heterocycles. The SMILES string of the molecule is O=C(O)c1ccc2c(c1)ncc1nncn12. The molecule has 2 aromatic heterocycles. The zero-order chi connectivity index (χ0) is 11.1. The number of fused-ring (bicyclic) bond motifs is 3. The number of carboxylic acids is 1. The van der Waals surface area contributed by atoms with Crippen LogP contribution < -0.4 is 0 Å². The van der Waals surface area contributed by atoms with Gasteiger partial charge in [-0.3, -0.25) is 9.38 Å². The van der Waals surface area contributed by atoms with Gasteiger partial charge in [0, 0.05) is 0 Å². The molecule has 0 atom stereocenters. The van der Waals surface area contributed by atoms with Crippen molar-refractivity contribution in [3.63, 3.8) is 0 Å². The summed E-state index contributed by atoms with van der Waals surface area (Å²) in [7, 11) is 0. The van der Waals surface area contributed by atoms with E-state index in [1.807, 2.05) is 0 Å². The van der Waals surface area contributed by atoms with Gasteiger partial charge in [0.2, 0.25) is 0 Å². The van der Waals surface area contributed by atoms with Crippen LogP contribution in [-0.2, 0) is 0 Å². The quantitative estimate of drug-likeness (QED) is 0.653. The Balaban J connectivity index is 2.41. The van der Waals surface area contributed by atoms with E-state index in [0.717, 1.165) is 5.52 Å². The molecule has 0 fully saturated rings. The van der Waals surface area contributed by atoms with Crippen molar-refractivity contribution in [2.75, 3.05) is 0 Å². The Kier molecular flexibility index (Phi) is 1.64. The average Bonchev–Trinajstić information content (AvgIpc) is 2.76. The third-order valence-electron chi connectivity index (χ3n) is 2.38.